The smallest absolute Gasteiger partial charge is 0.293 e. The van der Waals surface area contributed by atoms with Crippen molar-refractivity contribution in [2.24, 2.45) is 0 Å². The van der Waals surface area contributed by atoms with E-state index in [2.05, 4.69) is 26.2 Å². The van der Waals surface area contributed by atoms with Crippen LogP contribution in [0.1, 0.15) is 27.9 Å². The van der Waals surface area contributed by atoms with E-state index in [0.717, 1.165) is 15.6 Å². The largest absolute Gasteiger partial charge is 0.304 e. The number of halogens is 1. The maximum absolute atomic E-state index is 12.2. The lowest BCUT2D eigenvalue weighted by Crippen LogP contribution is -2.25. The van der Waals surface area contributed by atoms with Gasteiger partial charge >= 0.3 is 0 Å². The van der Waals surface area contributed by atoms with E-state index in [0.29, 0.717) is 5.56 Å². The van der Waals surface area contributed by atoms with E-state index >= 15 is 0 Å². The number of nitrogens with one attached hydrogen (secondary N) is 1. The zero-order valence-corrected chi connectivity index (χ0v) is 14.3. The van der Waals surface area contributed by atoms with Crippen LogP contribution in [0.15, 0.2) is 41.0 Å². The van der Waals surface area contributed by atoms with Crippen LogP contribution < -0.4 is 5.32 Å². The Balaban J connectivity index is 2.01. The predicted molar refractivity (Wildman–Crippen MR) is 90.4 cm³/mol. The number of hydrogen-bond donors (Lipinski definition) is 1. The molecule has 0 aliphatic rings. The fourth-order valence-electron chi connectivity index (χ4n) is 2.08. The molecule has 118 valence electrons. The average Bonchev–Trinajstić information content (AvgIpc) is 2.49. The van der Waals surface area contributed by atoms with Crippen molar-refractivity contribution in [1.82, 2.24) is 4.98 Å². The zero-order valence-electron chi connectivity index (χ0n) is 12.7. The number of rotatable bonds is 5. The molecule has 2 aromatic rings. The Morgan fingerprint density at radius 2 is 1.87 bits per heavy atom. The third-order valence-electron chi connectivity index (χ3n) is 3.23. The Bertz CT molecular complexity index is 770. The number of anilines is 1. The van der Waals surface area contributed by atoms with E-state index in [1.54, 1.807) is 31.2 Å². The second kappa shape index (κ2) is 7.28. The van der Waals surface area contributed by atoms with Crippen molar-refractivity contribution >= 4 is 39.2 Å². The van der Waals surface area contributed by atoms with Crippen LogP contribution in [-0.4, -0.2) is 22.5 Å². The number of nitrogens with zero attached hydrogens (tertiary/aromatic N) is 1. The first-order valence-corrected chi connectivity index (χ1v) is 7.72. The summed E-state index contributed by atoms with van der Waals surface area (Å²) in [5.41, 5.74) is 2.28. The van der Waals surface area contributed by atoms with Crippen molar-refractivity contribution in [3.05, 3.63) is 57.7 Å². The van der Waals surface area contributed by atoms with Crippen LogP contribution in [-0.2, 0) is 9.59 Å². The van der Waals surface area contributed by atoms with E-state index < -0.39 is 18.1 Å². The molecule has 2 rings (SSSR count). The van der Waals surface area contributed by atoms with Gasteiger partial charge in [-0.25, -0.2) is 4.98 Å². The molecule has 0 aliphatic carbocycles. The lowest BCUT2D eigenvalue weighted by molar-refractivity contribution is -0.134. The minimum Gasteiger partial charge on any atom is -0.304 e. The SMILES string of the molecule is Cc1ccc(C(=O)CC(=O)C(=O)Nc2ccc(Br)cn2)c(C)c1. The summed E-state index contributed by atoms with van der Waals surface area (Å²) in [4.78, 5) is 39.9. The molecule has 23 heavy (non-hydrogen) atoms. The molecule has 1 aromatic carbocycles. The molecule has 1 N–H and O–H groups in total. The molecular formula is C17H15BrN2O3. The van der Waals surface area contributed by atoms with Gasteiger partial charge in [0.25, 0.3) is 5.91 Å². The van der Waals surface area contributed by atoms with Gasteiger partial charge in [-0.2, -0.15) is 0 Å². The molecule has 0 saturated heterocycles. The summed E-state index contributed by atoms with van der Waals surface area (Å²) in [5, 5.41) is 2.38. The van der Waals surface area contributed by atoms with Gasteiger partial charge in [0.05, 0.1) is 6.42 Å². The van der Waals surface area contributed by atoms with E-state index in [9.17, 15) is 14.4 Å². The van der Waals surface area contributed by atoms with Crippen LogP contribution >= 0.6 is 15.9 Å². The fraction of sp³-hybridized carbons (Fsp3) is 0.176. The van der Waals surface area contributed by atoms with Crippen LogP contribution in [0, 0.1) is 13.8 Å². The van der Waals surface area contributed by atoms with E-state index in [4.69, 9.17) is 0 Å². The highest BCUT2D eigenvalue weighted by atomic mass is 79.9. The van der Waals surface area contributed by atoms with Crippen molar-refractivity contribution in [1.29, 1.82) is 0 Å². The molecule has 5 nitrogen and oxygen atoms in total. The van der Waals surface area contributed by atoms with Crippen molar-refractivity contribution in [2.45, 2.75) is 20.3 Å². The van der Waals surface area contributed by atoms with Crippen LogP contribution in [0.3, 0.4) is 0 Å². The van der Waals surface area contributed by atoms with E-state index in [1.165, 1.54) is 6.20 Å². The number of Topliss-reactive ketones (excluding diaryl/α,β-unsaturated/α-hetero) is 2. The Hall–Kier alpha value is -2.34. The molecule has 0 bridgehead atoms. The Morgan fingerprint density at radius 3 is 2.48 bits per heavy atom. The summed E-state index contributed by atoms with van der Waals surface area (Å²) in [7, 11) is 0. The first kappa shape index (κ1) is 17.0. The van der Waals surface area contributed by atoms with Gasteiger partial charge in [0, 0.05) is 16.2 Å². The third kappa shape index (κ3) is 4.56. The van der Waals surface area contributed by atoms with E-state index in [-0.39, 0.29) is 11.6 Å². The van der Waals surface area contributed by atoms with Gasteiger partial charge in [-0.15, -0.1) is 0 Å². The van der Waals surface area contributed by atoms with Crippen LogP contribution in [0.4, 0.5) is 5.82 Å². The zero-order chi connectivity index (χ0) is 17.0. The minimum atomic E-state index is -0.849. The fourth-order valence-corrected chi connectivity index (χ4v) is 2.32. The van der Waals surface area contributed by atoms with Crippen LogP contribution in [0.5, 0.6) is 0 Å². The van der Waals surface area contributed by atoms with Crippen molar-refractivity contribution in [2.75, 3.05) is 5.32 Å². The van der Waals surface area contributed by atoms with Crippen LogP contribution in [0.25, 0.3) is 0 Å². The number of amides is 1. The second-order valence-electron chi connectivity index (χ2n) is 5.16. The normalized spacial score (nSPS) is 10.2. The van der Waals surface area contributed by atoms with Gasteiger partial charge in [-0.05, 0) is 47.5 Å². The molecule has 0 unspecified atom stereocenters. The molecule has 0 aliphatic heterocycles. The average molecular weight is 375 g/mol. The summed E-state index contributed by atoms with van der Waals surface area (Å²) < 4.78 is 0.756. The maximum atomic E-state index is 12.2. The number of aromatic nitrogens is 1. The van der Waals surface area contributed by atoms with Gasteiger partial charge in [0.1, 0.15) is 5.82 Å². The topological polar surface area (TPSA) is 76.1 Å². The lowest BCUT2D eigenvalue weighted by atomic mass is 9.99. The van der Waals surface area contributed by atoms with Gasteiger partial charge in [-0.3, -0.25) is 14.4 Å². The van der Waals surface area contributed by atoms with Crippen molar-refractivity contribution in [3.8, 4) is 0 Å². The minimum absolute atomic E-state index is 0.255. The number of aryl methyl sites for hydroxylation is 2. The molecule has 0 fully saturated rings. The number of pyridine rings is 1. The number of carbonyl (C=O) groups is 3. The number of ketones is 2. The molecule has 1 aromatic heterocycles. The number of hydrogen-bond acceptors (Lipinski definition) is 4. The highest BCUT2D eigenvalue weighted by Gasteiger charge is 2.20. The summed E-state index contributed by atoms with van der Waals surface area (Å²) in [6, 6.07) is 8.59. The molecule has 1 heterocycles. The first-order chi connectivity index (χ1) is 10.9. The Morgan fingerprint density at radius 1 is 1.13 bits per heavy atom. The first-order valence-electron chi connectivity index (χ1n) is 6.93. The van der Waals surface area contributed by atoms with Gasteiger partial charge in [-0.1, -0.05) is 23.8 Å². The Labute approximate surface area is 142 Å². The van der Waals surface area contributed by atoms with Gasteiger partial charge in [0.15, 0.2) is 5.78 Å². The maximum Gasteiger partial charge on any atom is 0.293 e. The summed E-state index contributed by atoms with van der Waals surface area (Å²) in [5.74, 6) is -1.76. The predicted octanol–water partition coefficient (Wildman–Crippen LogP) is 3.24. The lowest BCUT2D eigenvalue weighted by Gasteiger charge is -2.06. The number of carbonyl (C=O) groups excluding carboxylic acids is 3. The van der Waals surface area contributed by atoms with Gasteiger partial charge < -0.3 is 5.32 Å². The van der Waals surface area contributed by atoms with Crippen LogP contribution in [0.2, 0.25) is 0 Å². The highest BCUT2D eigenvalue weighted by Crippen LogP contribution is 2.14. The Kier molecular flexibility index (Phi) is 5.39. The molecule has 1 amide bonds. The highest BCUT2D eigenvalue weighted by molar-refractivity contribution is 9.10. The summed E-state index contributed by atoms with van der Waals surface area (Å²) >= 11 is 3.22. The summed E-state index contributed by atoms with van der Waals surface area (Å²) in [6.07, 6.45) is 1.03. The molecule has 0 radical (unpaired) electrons. The monoisotopic (exact) mass is 374 g/mol. The standard InChI is InChI=1S/C17H15BrN2O3/c1-10-3-5-13(11(2)7-10)14(21)8-15(22)17(23)20-16-6-4-12(18)9-19-16/h3-7,9H,8H2,1-2H3,(H,19,20,23). The third-order valence-corrected chi connectivity index (χ3v) is 3.69. The van der Waals surface area contributed by atoms with Crippen molar-refractivity contribution in [3.63, 3.8) is 0 Å². The van der Waals surface area contributed by atoms with Gasteiger partial charge in [0.2, 0.25) is 5.78 Å². The molecule has 6 heteroatoms. The summed E-state index contributed by atoms with van der Waals surface area (Å²) in [6.45, 7) is 3.72. The molecule has 0 spiro atoms. The quantitative estimate of drug-likeness (QED) is 0.495. The van der Waals surface area contributed by atoms with E-state index in [1.807, 2.05) is 13.0 Å². The second-order valence-corrected chi connectivity index (χ2v) is 6.07. The number of benzene rings is 1. The molecular weight excluding hydrogens is 360 g/mol. The molecule has 0 atom stereocenters. The molecule has 0 saturated carbocycles. The van der Waals surface area contributed by atoms with Crippen molar-refractivity contribution < 1.29 is 14.4 Å².